The van der Waals surface area contributed by atoms with Gasteiger partial charge in [0, 0.05) is 18.0 Å². The van der Waals surface area contributed by atoms with E-state index in [1.165, 1.54) is 76.1 Å². The van der Waals surface area contributed by atoms with Crippen LogP contribution in [0.25, 0.3) is 73.4 Å². The minimum atomic E-state index is -0.840. The van der Waals surface area contributed by atoms with Gasteiger partial charge >= 0.3 is 18.1 Å². The van der Waals surface area contributed by atoms with Gasteiger partial charge < -0.3 is 38.5 Å². The van der Waals surface area contributed by atoms with Gasteiger partial charge in [-0.15, -0.1) is 40.8 Å². The standard InChI is InChI=1S/C54H41F3N24O3/c1-24-7-8-33(55)37(11-24)66-52(82)65-30-22-61-47(62-23-30)42-15-28(17-46-75-78-50(60)81(42)46)32-19-34(56)38(12-26(32)3)67-53(83)69-43-10-9-36(71-72-43)41-14-27(16-45-74-77-49(59)80(41)45)31-18-35(57)39(13-25(31)2)68-54(84)70-51-63-20-29(21-64-51)40-5-4-6-44-73-76-48(58)79(40)44/h4-23H,1-3H3,(H2,58,76)(H2,59,77)(H2,60,78)(H2,65,66,82)(H2,67,69,72,83)(H2,63,64,68,70,84). The number of urea groups is 3. The molecule has 0 spiro atoms. The van der Waals surface area contributed by atoms with Crippen LogP contribution < -0.4 is 49.1 Å². The minimum Gasteiger partial charge on any atom is -0.368 e. The summed E-state index contributed by atoms with van der Waals surface area (Å²) in [5.41, 5.74) is 25.3. The zero-order valence-corrected chi connectivity index (χ0v) is 43.8. The number of carbonyl (C=O) groups is 3. The molecule has 12 N–H and O–H groups in total. The maximum atomic E-state index is 16.0. The van der Waals surface area contributed by atoms with E-state index >= 15 is 8.78 Å². The molecule has 3 aromatic carbocycles. The highest BCUT2D eigenvalue weighted by Crippen LogP contribution is 2.36. The Morgan fingerprint density at radius 1 is 0.440 bits per heavy atom. The van der Waals surface area contributed by atoms with Gasteiger partial charge in [-0.3, -0.25) is 23.8 Å². The molecule has 12 aromatic rings. The number of nitrogens with two attached hydrogens (primary N) is 3. The van der Waals surface area contributed by atoms with E-state index in [0.29, 0.717) is 67.3 Å². The molecule has 0 saturated heterocycles. The third-order valence-corrected chi connectivity index (χ3v) is 13.1. The van der Waals surface area contributed by atoms with Crippen LogP contribution in [0, 0.1) is 38.2 Å². The first kappa shape index (κ1) is 52.5. The number of nitrogens with one attached hydrogen (secondary N) is 6. The molecule has 0 atom stereocenters. The third-order valence-electron chi connectivity index (χ3n) is 13.1. The van der Waals surface area contributed by atoms with Crippen molar-refractivity contribution in [2.75, 3.05) is 49.1 Å². The molecule has 84 heavy (non-hydrogen) atoms. The van der Waals surface area contributed by atoms with Gasteiger partial charge in [-0.25, -0.2) is 47.5 Å². The smallest absolute Gasteiger partial charge is 0.326 e. The molecule has 0 unspecified atom stereocenters. The summed E-state index contributed by atoms with van der Waals surface area (Å²) in [6.07, 6.45) is 5.65. The lowest BCUT2D eigenvalue weighted by atomic mass is 9.99. The molecular formula is C54H41F3N24O3. The molecule has 12 rings (SSSR count). The number of hydrogen-bond acceptors (Lipinski definition) is 18. The van der Waals surface area contributed by atoms with Crippen molar-refractivity contribution in [3.05, 3.63) is 156 Å². The van der Waals surface area contributed by atoms with Crippen LogP contribution >= 0.6 is 0 Å². The highest BCUT2D eigenvalue weighted by atomic mass is 19.1. The second-order valence-corrected chi connectivity index (χ2v) is 18.8. The molecule has 9 heterocycles. The van der Waals surface area contributed by atoms with E-state index in [4.69, 9.17) is 17.2 Å². The first-order valence-electron chi connectivity index (χ1n) is 25.0. The molecule has 0 fully saturated rings. The van der Waals surface area contributed by atoms with E-state index in [2.05, 4.69) is 92.6 Å². The summed E-state index contributed by atoms with van der Waals surface area (Å²) < 4.78 is 50.8. The van der Waals surface area contributed by atoms with Crippen molar-refractivity contribution >= 4 is 87.4 Å². The Labute approximate surface area is 469 Å². The van der Waals surface area contributed by atoms with Gasteiger partial charge in [0.05, 0.1) is 52.2 Å². The number of halogens is 3. The molecule has 0 bridgehead atoms. The number of aromatic nitrogens is 15. The lowest BCUT2D eigenvalue weighted by Crippen LogP contribution is -2.21. The molecule has 0 radical (unpaired) electrons. The Morgan fingerprint density at radius 2 is 0.976 bits per heavy atom. The Bertz CT molecular complexity index is 4630. The zero-order chi connectivity index (χ0) is 58.5. The number of anilines is 9. The maximum absolute atomic E-state index is 16.0. The van der Waals surface area contributed by atoms with Gasteiger partial charge in [0.2, 0.25) is 23.8 Å². The number of rotatable bonds is 11. The SMILES string of the molecule is Cc1ccc(F)c(NC(=O)Nc2cnc(-c3cc(-c4cc(F)c(NC(=O)Nc5ccc(-c6cc(-c7cc(F)c(NC(=O)Nc8ncc(-c9cccc%10nnc(N)n9%10)cn8)cc7C)cc7nnc(N)n67)nn5)cc4C)cc4nnc(N)n34)nc2)c1. The van der Waals surface area contributed by atoms with Crippen molar-refractivity contribution in [2.45, 2.75) is 20.8 Å². The van der Waals surface area contributed by atoms with Gasteiger partial charge in [-0.2, -0.15) is 0 Å². The first-order chi connectivity index (χ1) is 40.5. The van der Waals surface area contributed by atoms with Crippen LogP contribution in [-0.4, -0.2) is 92.0 Å². The average molecular weight is 1130 g/mol. The summed E-state index contributed by atoms with van der Waals surface area (Å²) in [6, 6.07) is 22.3. The molecular weight excluding hydrogens is 1090 g/mol. The molecule has 27 nitrogen and oxygen atoms in total. The van der Waals surface area contributed by atoms with E-state index in [-0.39, 0.29) is 69.5 Å². The zero-order valence-electron chi connectivity index (χ0n) is 43.8. The predicted molar refractivity (Wildman–Crippen MR) is 305 cm³/mol. The predicted octanol–water partition coefficient (Wildman–Crippen LogP) is 8.54. The molecule has 0 aliphatic rings. The normalized spacial score (nSPS) is 11.3. The number of pyridine rings is 3. The summed E-state index contributed by atoms with van der Waals surface area (Å²) in [7, 11) is 0. The second-order valence-electron chi connectivity index (χ2n) is 18.8. The van der Waals surface area contributed by atoms with Crippen LogP contribution in [0.5, 0.6) is 0 Å². The number of aryl methyl sites for hydroxylation is 3. The lowest BCUT2D eigenvalue weighted by Gasteiger charge is -2.14. The average Bonchev–Trinajstić information content (AvgIpc) is 2.85. The first-order valence-corrected chi connectivity index (χ1v) is 25.0. The Hall–Kier alpha value is -12.2. The molecule has 0 aliphatic carbocycles. The highest BCUT2D eigenvalue weighted by molar-refractivity contribution is 6.01. The largest absolute Gasteiger partial charge is 0.368 e. The van der Waals surface area contributed by atoms with E-state index in [9.17, 15) is 18.8 Å². The van der Waals surface area contributed by atoms with Crippen LogP contribution in [0.1, 0.15) is 16.7 Å². The van der Waals surface area contributed by atoms with Crippen molar-refractivity contribution < 1.29 is 27.6 Å². The van der Waals surface area contributed by atoms with Gasteiger partial charge in [0.15, 0.2) is 28.6 Å². The Kier molecular flexibility index (Phi) is 13.2. The van der Waals surface area contributed by atoms with Gasteiger partial charge in [-0.1, -0.05) is 12.1 Å². The van der Waals surface area contributed by atoms with Gasteiger partial charge in [0.25, 0.3) is 0 Å². The van der Waals surface area contributed by atoms with E-state index < -0.39 is 35.5 Å². The Balaban J connectivity index is 0.717. The lowest BCUT2D eigenvalue weighted by molar-refractivity contribution is 0.261. The second kappa shape index (κ2) is 21.1. The summed E-state index contributed by atoms with van der Waals surface area (Å²) in [5, 5.41) is 47.9. The van der Waals surface area contributed by atoms with Crippen LogP contribution in [0.2, 0.25) is 0 Å². The summed E-state index contributed by atoms with van der Waals surface area (Å²) >= 11 is 0. The maximum Gasteiger partial charge on any atom is 0.326 e. The summed E-state index contributed by atoms with van der Waals surface area (Å²) in [6.45, 7) is 5.21. The van der Waals surface area contributed by atoms with Gasteiger partial charge in [0.1, 0.15) is 23.1 Å². The Morgan fingerprint density at radius 3 is 1.57 bits per heavy atom. The third kappa shape index (κ3) is 10.2. The number of amides is 6. The van der Waals surface area contributed by atoms with Crippen molar-refractivity contribution in [3.8, 4) is 56.4 Å². The monoisotopic (exact) mass is 1130 g/mol. The minimum absolute atomic E-state index is 0.00468. The van der Waals surface area contributed by atoms with Crippen molar-refractivity contribution in [2.24, 2.45) is 0 Å². The van der Waals surface area contributed by atoms with Crippen LogP contribution in [-0.2, 0) is 0 Å². The fraction of sp³-hybridized carbons (Fsp3) is 0.0556. The van der Waals surface area contributed by atoms with Gasteiger partial charge in [-0.05, 0) is 145 Å². The quantitative estimate of drug-likeness (QED) is 0.0585. The molecule has 9 aromatic heterocycles. The number of nitrogen functional groups attached to an aromatic ring is 3. The van der Waals surface area contributed by atoms with E-state index in [0.717, 1.165) is 5.56 Å². The fourth-order valence-corrected chi connectivity index (χ4v) is 9.24. The number of fused-ring (bicyclic) bond motifs is 3. The van der Waals surface area contributed by atoms with Crippen molar-refractivity contribution in [1.29, 1.82) is 0 Å². The van der Waals surface area contributed by atoms with Crippen LogP contribution in [0.15, 0.2) is 122 Å². The molecule has 0 saturated carbocycles. The topological polar surface area (TPSA) is 369 Å². The molecule has 0 aliphatic heterocycles. The number of carbonyl (C=O) groups excluding carboxylic acids is 3. The number of nitrogens with zero attached hydrogens (tertiary/aromatic N) is 15. The summed E-state index contributed by atoms with van der Waals surface area (Å²) in [4.78, 5) is 56.4. The van der Waals surface area contributed by atoms with Crippen LogP contribution in [0.4, 0.5) is 79.9 Å². The van der Waals surface area contributed by atoms with E-state index in [1.807, 2.05) is 0 Å². The number of benzene rings is 3. The molecule has 416 valence electrons. The molecule has 6 amide bonds. The van der Waals surface area contributed by atoms with Crippen LogP contribution in [0.3, 0.4) is 0 Å². The number of hydrogen-bond donors (Lipinski definition) is 9. The fourth-order valence-electron chi connectivity index (χ4n) is 9.24. The van der Waals surface area contributed by atoms with Crippen molar-refractivity contribution in [3.63, 3.8) is 0 Å². The van der Waals surface area contributed by atoms with Crippen molar-refractivity contribution in [1.82, 2.24) is 73.9 Å². The highest BCUT2D eigenvalue weighted by Gasteiger charge is 2.22. The summed E-state index contributed by atoms with van der Waals surface area (Å²) in [5.74, 6) is -1.84. The molecule has 30 heteroatoms. The van der Waals surface area contributed by atoms with E-state index in [1.54, 1.807) is 79.8 Å².